The smallest absolute Gasteiger partial charge is 0.120 e. The Morgan fingerprint density at radius 2 is 1.94 bits per heavy atom. The topological polar surface area (TPSA) is 65.6 Å². The number of rotatable bonds is 5. The summed E-state index contributed by atoms with van der Waals surface area (Å²) in [5.41, 5.74) is 5.36. The Hall–Kier alpha value is -0.650. The van der Waals surface area contributed by atoms with Gasteiger partial charge in [-0.3, -0.25) is 15.2 Å². The summed E-state index contributed by atoms with van der Waals surface area (Å²) in [5, 5.41) is 7.25. The maximum atomic E-state index is 7.25. The van der Waals surface area contributed by atoms with E-state index >= 15 is 0 Å². The van der Waals surface area contributed by atoms with Crippen LogP contribution in [-0.4, -0.2) is 67.1 Å². The van der Waals surface area contributed by atoms with Crippen LogP contribution in [0.15, 0.2) is 0 Å². The molecule has 0 amide bonds. The lowest BCUT2D eigenvalue weighted by Crippen LogP contribution is -2.55. The van der Waals surface area contributed by atoms with Gasteiger partial charge >= 0.3 is 0 Å². The highest BCUT2D eigenvalue weighted by molar-refractivity contribution is 5.81. The molecule has 5 nitrogen and oxygen atoms in total. The molecule has 1 aliphatic rings. The molecule has 1 aliphatic heterocycles. The van der Waals surface area contributed by atoms with Gasteiger partial charge in [-0.15, -0.1) is 0 Å². The molecule has 0 aromatic rings. The van der Waals surface area contributed by atoms with Crippen molar-refractivity contribution in [3.8, 4) is 0 Å². The van der Waals surface area contributed by atoms with Crippen LogP contribution in [0.3, 0.4) is 0 Å². The quantitative estimate of drug-likeness (QED) is 0.539. The standard InChI is InChI=1S/C12H26N4O/c1-9-7-16(8-10(2)15(9)4)5-6-17-11(3)12(13)14/h9-11H,5-8H2,1-4H3,(H3,13,14). The lowest BCUT2D eigenvalue weighted by atomic mass is 10.1. The number of amidine groups is 1. The van der Waals surface area contributed by atoms with E-state index in [4.69, 9.17) is 15.9 Å². The van der Waals surface area contributed by atoms with Gasteiger partial charge in [0.15, 0.2) is 0 Å². The van der Waals surface area contributed by atoms with Crippen LogP contribution in [-0.2, 0) is 4.74 Å². The molecule has 0 radical (unpaired) electrons. The van der Waals surface area contributed by atoms with Gasteiger partial charge in [0, 0.05) is 31.7 Å². The summed E-state index contributed by atoms with van der Waals surface area (Å²) in [4.78, 5) is 4.83. The Morgan fingerprint density at radius 1 is 1.41 bits per heavy atom. The first-order valence-electron chi connectivity index (χ1n) is 6.31. The molecule has 100 valence electrons. The van der Waals surface area contributed by atoms with Gasteiger partial charge in [-0.2, -0.15) is 0 Å². The van der Waals surface area contributed by atoms with E-state index in [2.05, 4.69) is 30.7 Å². The Kier molecular flexibility index (Phi) is 5.36. The predicted molar refractivity (Wildman–Crippen MR) is 70.5 cm³/mol. The van der Waals surface area contributed by atoms with Crippen LogP contribution in [0.2, 0.25) is 0 Å². The van der Waals surface area contributed by atoms with E-state index in [-0.39, 0.29) is 11.9 Å². The van der Waals surface area contributed by atoms with Gasteiger partial charge in [-0.05, 0) is 27.8 Å². The molecule has 5 heteroatoms. The molecular weight excluding hydrogens is 216 g/mol. The van der Waals surface area contributed by atoms with Gasteiger partial charge in [0.2, 0.25) is 0 Å². The third-order valence-electron chi connectivity index (χ3n) is 3.65. The summed E-state index contributed by atoms with van der Waals surface area (Å²) < 4.78 is 5.50. The lowest BCUT2D eigenvalue weighted by Gasteiger charge is -2.42. The summed E-state index contributed by atoms with van der Waals surface area (Å²) in [7, 11) is 2.18. The van der Waals surface area contributed by atoms with E-state index in [0.717, 1.165) is 19.6 Å². The Morgan fingerprint density at radius 3 is 2.41 bits per heavy atom. The third kappa shape index (κ3) is 4.26. The number of likely N-dealkylation sites (N-methyl/N-ethyl adjacent to an activating group) is 1. The molecule has 1 heterocycles. The van der Waals surface area contributed by atoms with Crippen molar-refractivity contribution in [1.82, 2.24) is 9.80 Å². The number of piperazine rings is 1. The second-order valence-corrected chi connectivity index (χ2v) is 5.09. The van der Waals surface area contributed by atoms with E-state index in [1.165, 1.54) is 0 Å². The predicted octanol–water partition coefficient (Wildman–Crippen LogP) is 0.352. The van der Waals surface area contributed by atoms with E-state index in [1.807, 2.05) is 6.92 Å². The van der Waals surface area contributed by atoms with Gasteiger partial charge in [-0.1, -0.05) is 0 Å². The van der Waals surface area contributed by atoms with Gasteiger partial charge in [-0.25, -0.2) is 0 Å². The number of nitrogens with two attached hydrogens (primary N) is 1. The first-order chi connectivity index (χ1) is 7.91. The van der Waals surface area contributed by atoms with E-state index in [1.54, 1.807) is 0 Å². The second kappa shape index (κ2) is 6.33. The Labute approximate surface area is 104 Å². The van der Waals surface area contributed by atoms with Crippen LogP contribution in [0.25, 0.3) is 0 Å². The van der Waals surface area contributed by atoms with Crippen molar-refractivity contribution in [2.45, 2.75) is 39.0 Å². The molecule has 0 aromatic heterocycles. The number of hydrogen-bond donors (Lipinski definition) is 2. The third-order valence-corrected chi connectivity index (χ3v) is 3.65. The molecule has 0 spiro atoms. The van der Waals surface area contributed by atoms with Crippen LogP contribution in [0.1, 0.15) is 20.8 Å². The SMILES string of the molecule is CC(OCCN1CC(C)N(C)C(C)C1)C(=N)N. The van der Waals surface area contributed by atoms with Crippen LogP contribution in [0, 0.1) is 5.41 Å². The molecule has 1 saturated heterocycles. The zero-order valence-electron chi connectivity index (χ0n) is 11.4. The fraction of sp³-hybridized carbons (Fsp3) is 0.917. The van der Waals surface area contributed by atoms with Gasteiger partial charge in [0.25, 0.3) is 0 Å². The van der Waals surface area contributed by atoms with E-state index < -0.39 is 0 Å². The zero-order chi connectivity index (χ0) is 13.0. The molecule has 0 saturated carbocycles. The Balaban J connectivity index is 2.26. The first kappa shape index (κ1) is 14.4. The molecule has 17 heavy (non-hydrogen) atoms. The number of ether oxygens (including phenoxy) is 1. The van der Waals surface area contributed by atoms with E-state index in [0.29, 0.717) is 18.7 Å². The molecule has 1 fully saturated rings. The van der Waals surface area contributed by atoms with Crippen molar-refractivity contribution in [3.63, 3.8) is 0 Å². The number of nitrogens with one attached hydrogen (secondary N) is 1. The minimum absolute atomic E-state index is 0.102. The molecule has 3 N–H and O–H groups in total. The molecule has 0 bridgehead atoms. The fourth-order valence-electron chi connectivity index (χ4n) is 2.14. The molecular formula is C12H26N4O. The van der Waals surface area contributed by atoms with Crippen molar-refractivity contribution in [2.75, 3.05) is 33.3 Å². The van der Waals surface area contributed by atoms with E-state index in [9.17, 15) is 0 Å². The minimum atomic E-state index is -0.266. The van der Waals surface area contributed by atoms with Gasteiger partial charge in [0.05, 0.1) is 6.61 Å². The largest absolute Gasteiger partial charge is 0.385 e. The maximum absolute atomic E-state index is 7.25. The lowest BCUT2D eigenvalue weighted by molar-refractivity contribution is 0.0287. The van der Waals surface area contributed by atoms with Crippen LogP contribution in [0.4, 0.5) is 0 Å². The summed E-state index contributed by atoms with van der Waals surface area (Å²) in [6, 6.07) is 1.17. The fourth-order valence-corrected chi connectivity index (χ4v) is 2.14. The summed E-state index contributed by atoms with van der Waals surface area (Å²) in [5.74, 6) is 0.102. The van der Waals surface area contributed by atoms with Crippen molar-refractivity contribution < 1.29 is 4.74 Å². The van der Waals surface area contributed by atoms with Crippen molar-refractivity contribution in [3.05, 3.63) is 0 Å². The van der Waals surface area contributed by atoms with Crippen LogP contribution >= 0.6 is 0 Å². The summed E-state index contributed by atoms with van der Waals surface area (Å²) in [6.07, 6.45) is -0.266. The zero-order valence-corrected chi connectivity index (χ0v) is 11.4. The molecule has 0 aliphatic carbocycles. The highest BCUT2D eigenvalue weighted by Crippen LogP contribution is 2.12. The molecule has 3 atom stereocenters. The monoisotopic (exact) mass is 242 g/mol. The van der Waals surface area contributed by atoms with Gasteiger partial charge in [0.1, 0.15) is 11.9 Å². The molecule has 1 rings (SSSR count). The summed E-state index contributed by atoms with van der Waals surface area (Å²) in [6.45, 7) is 10.0. The van der Waals surface area contributed by atoms with Crippen molar-refractivity contribution in [1.29, 1.82) is 5.41 Å². The summed E-state index contributed by atoms with van der Waals surface area (Å²) >= 11 is 0. The second-order valence-electron chi connectivity index (χ2n) is 5.09. The normalized spacial score (nSPS) is 29.2. The van der Waals surface area contributed by atoms with Crippen molar-refractivity contribution >= 4 is 5.84 Å². The molecule has 3 unspecified atom stereocenters. The average Bonchev–Trinajstić information content (AvgIpc) is 2.25. The van der Waals surface area contributed by atoms with Crippen LogP contribution in [0.5, 0.6) is 0 Å². The van der Waals surface area contributed by atoms with Gasteiger partial charge < -0.3 is 10.5 Å². The molecule has 0 aromatic carbocycles. The first-order valence-corrected chi connectivity index (χ1v) is 6.31. The Bertz CT molecular complexity index is 247. The number of hydrogen-bond acceptors (Lipinski definition) is 4. The highest BCUT2D eigenvalue weighted by atomic mass is 16.5. The van der Waals surface area contributed by atoms with Crippen molar-refractivity contribution in [2.24, 2.45) is 5.73 Å². The maximum Gasteiger partial charge on any atom is 0.120 e. The minimum Gasteiger partial charge on any atom is -0.385 e. The number of nitrogens with zero attached hydrogens (tertiary/aromatic N) is 2. The van der Waals surface area contributed by atoms with Crippen LogP contribution < -0.4 is 5.73 Å². The highest BCUT2D eigenvalue weighted by Gasteiger charge is 2.26. The average molecular weight is 242 g/mol.